The van der Waals surface area contributed by atoms with Crippen LogP contribution in [0.2, 0.25) is 0 Å². The summed E-state index contributed by atoms with van der Waals surface area (Å²) in [5, 5.41) is 3.73. The molecule has 1 aliphatic carbocycles. The summed E-state index contributed by atoms with van der Waals surface area (Å²) in [6, 6.07) is 10.0. The zero-order chi connectivity index (χ0) is 14.2. The second-order valence-corrected chi connectivity index (χ2v) is 6.47. The van der Waals surface area contributed by atoms with Gasteiger partial charge < -0.3 is 9.88 Å². The van der Waals surface area contributed by atoms with E-state index in [2.05, 4.69) is 51.0 Å². The van der Waals surface area contributed by atoms with Gasteiger partial charge >= 0.3 is 0 Å². The summed E-state index contributed by atoms with van der Waals surface area (Å²) in [6.45, 7) is 6.67. The Kier molecular flexibility index (Phi) is 3.43. The van der Waals surface area contributed by atoms with Crippen LogP contribution >= 0.6 is 0 Å². The molecule has 4 rings (SSSR count). The second-order valence-electron chi connectivity index (χ2n) is 6.47. The van der Waals surface area contributed by atoms with Crippen LogP contribution in [0.1, 0.15) is 25.1 Å². The maximum absolute atomic E-state index is 4.63. The lowest BCUT2D eigenvalue weighted by atomic mass is 10.2. The van der Waals surface area contributed by atoms with Crippen LogP contribution in [0.5, 0.6) is 0 Å². The fraction of sp³-hybridized carbons (Fsp3) is 0.588. The molecule has 0 spiro atoms. The molecule has 4 heteroatoms. The number of benzene rings is 1. The molecular weight excluding hydrogens is 260 g/mol. The third-order valence-corrected chi connectivity index (χ3v) is 4.90. The van der Waals surface area contributed by atoms with Gasteiger partial charge in [-0.2, -0.15) is 0 Å². The summed E-state index contributed by atoms with van der Waals surface area (Å²) in [5.41, 5.74) is 2.36. The highest BCUT2D eigenvalue weighted by atomic mass is 15.2. The minimum absolute atomic E-state index is 0.681. The number of hydrogen-bond acceptors (Lipinski definition) is 3. The van der Waals surface area contributed by atoms with Crippen molar-refractivity contribution in [3.8, 4) is 0 Å². The van der Waals surface area contributed by atoms with Gasteiger partial charge in [0, 0.05) is 38.3 Å². The molecule has 0 bridgehead atoms. The van der Waals surface area contributed by atoms with Gasteiger partial charge in [0.15, 0.2) is 0 Å². The van der Waals surface area contributed by atoms with Gasteiger partial charge in [-0.15, -0.1) is 0 Å². The van der Waals surface area contributed by atoms with Gasteiger partial charge in [-0.05, 0) is 38.3 Å². The van der Waals surface area contributed by atoms with Crippen molar-refractivity contribution in [1.82, 2.24) is 19.8 Å². The van der Waals surface area contributed by atoms with Crippen molar-refractivity contribution in [2.24, 2.45) is 0 Å². The Morgan fingerprint density at radius 3 is 2.95 bits per heavy atom. The summed E-state index contributed by atoms with van der Waals surface area (Å²) in [6.07, 6.45) is 4.15. The van der Waals surface area contributed by atoms with Gasteiger partial charge in [0.25, 0.3) is 0 Å². The minimum atomic E-state index is 0.681. The van der Waals surface area contributed by atoms with E-state index in [4.69, 9.17) is 0 Å². The number of aromatic nitrogens is 2. The third-order valence-electron chi connectivity index (χ3n) is 4.90. The van der Waals surface area contributed by atoms with Gasteiger partial charge in [-0.1, -0.05) is 12.1 Å². The second kappa shape index (κ2) is 5.43. The van der Waals surface area contributed by atoms with E-state index in [9.17, 15) is 0 Å². The molecule has 1 atom stereocenters. The molecule has 1 N–H and O–H groups in total. The summed E-state index contributed by atoms with van der Waals surface area (Å²) < 4.78 is 2.33. The molecule has 1 aliphatic heterocycles. The number of imidazole rings is 1. The van der Waals surface area contributed by atoms with Crippen molar-refractivity contribution < 1.29 is 0 Å². The smallest absolute Gasteiger partial charge is 0.106 e. The Labute approximate surface area is 126 Å². The standard InChI is InChI=1S/C17H24N4/c1-13-19-16-4-2-3-5-17(16)21(13)11-9-18-14-8-10-20(12-14)15-6-7-15/h2-5,14-15,18H,6-12H2,1H3. The van der Waals surface area contributed by atoms with E-state index in [0.29, 0.717) is 6.04 Å². The van der Waals surface area contributed by atoms with Crippen LogP contribution in [0, 0.1) is 6.92 Å². The molecule has 1 aromatic heterocycles. The first-order valence-electron chi connectivity index (χ1n) is 8.20. The molecule has 0 radical (unpaired) electrons. The normalized spacial score (nSPS) is 23.2. The van der Waals surface area contributed by atoms with Gasteiger partial charge in [0.05, 0.1) is 11.0 Å². The first kappa shape index (κ1) is 13.3. The Morgan fingerprint density at radius 1 is 1.24 bits per heavy atom. The molecule has 1 unspecified atom stereocenters. The molecule has 2 aromatic rings. The number of fused-ring (bicyclic) bond motifs is 1. The van der Waals surface area contributed by atoms with E-state index in [1.165, 1.54) is 37.9 Å². The van der Waals surface area contributed by atoms with Crippen LogP contribution in [0.4, 0.5) is 0 Å². The van der Waals surface area contributed by atoms with Crippen molar-refractivity contribution in [2.75, 3.05) is 19.6 Å². The highest BCUT2D eigenvalue weighted by Gasteiger charge is 2.33. The lowest BCUT2D eigenvalue weighted by Gasteiger charge is -2.16. The summed E-state index contributed by atoms with van der Waals surface area (Å²) in [7, 11) is 0. The maximum Gasteiger partial charge on any atom is 0.106 e. The largest absolute Gasteiger partial charge is 0.327 e. The van der Waals surface area contributed by atoms with Crippen molar-refractivity contribution >= 4 is 11.0 Å². The highest BCUT2D eigenvalue weighted by molar-refractivity contribution is 5.75. The molecule has 2 aliphatic rings. The Hall–Kier alpha value is -1.39. The monoisotopic (exact) mass is 284 g/mol. The SMILES string of the molecule is Cc1nc2ccccc2n1CCNC1CCN(C2CC2)C1. The average Bonchev–Trinajstić information content (AvgIpc) is 3.15. The van der Waals surface area contributed by atoms with Crippen LogP contribution in [-0.2, 0) is 6.54 Å². The molecule has 1 aromatic carbocycles. The topological polar surface area (TPSA) is 33.1 Å². The molecule has 1 saturated heterocycles. The van der Waals surface area contributed by atoms with Crippen molar-refractivity contribution in [1.29, 1.82) is 0 Å². The molecule has 4 nitrogen and oxygen atoms in total. The number of likely N-dealkylation sites (tertiary alicyclic amines) is 1. The Bertz CT molecular complexity index is 629. The van der Waals surface area contributed by atoms with Crippen LogP contribution in [0.25, 0.3) is 11.0 Å². The number of hydrogen-bond donors (Lipinski definition) is 1. The van der Waals surface area contributed by atoms with E-state index >= 15 is 0 Å². The van der Waals surface area contributed by atoms with Gasteiger partial charge in [-0.3, -0.25) is 4.90 Å². The first-order chi connectivity index (χ1) is 10.3. The van der Waals surface area contributed by atoms with Gasteiger partial charge in [0.1, 0.15) is 5.82 Å². The van der Waals surface area contributed by atoms with E-state index in [1.54, 1.807) is 0 Å². The molecular formula is C17H24N4. The number of aryl methyl sites for hydroxylation is 1. The fourth-order valence-corrected chi connectivity index (χ4v) is 3.58. The average molecular weight is 284 g/mol. The third kappa shape index (κ3) is 2.70. The fourth-order valence-electron chi connectivity index (χ4n) is 3.58. The summed E-state index contributed by atoms with van der Waals surface area (Å²) >= 11 is 0. The predicted octanol–water partition coefficient (Wildman–Crippen LogP) is 2.17. The molecule has 0 amide bonds. The first-order valence-corrected chi connectivity index (χ1v) is 8.20. The van der Waals surface area contributed by atoms with Gasteiger partial charge in [-0.25, -0.2) is 4.98 Å². The van der Waals surface area contributed by atoms with Crippen LogP contribution in [0.3, 0.4) is 0 Å². The molecule has 1 saturated carbocycles. The van der Waals surface area contributed by atoms with E-state index in [0.717, 1.165) is 30.5 Å². The lowest BCUT2D eigenvalue weighted by Crippen LogP contribution is -2.35. The van der Waals surface area contributed by atoms with E-state index in [1.807, 2.05) is 0 Å². The summed E-state index contributed by atoms with van der Waals surface area (Å²) in [4.78, 5) is 7.30. The van der Waals surface area contributed by atoms with Crippen molar-refractivity contribution in [3.63, 3.8) is 0 Å². The highest BCUT2D eigenvalue weighted by Crippen LogP contribution is 2.29. The maximum atomic E-state index is 4.63. The molecule has 21 heavy (non-hydrogen) atoms. The zero-order valence-electron chi connectivity index (χ0n) is 12.8. The molecule has 2 fully saturated rings. The van der Waals surface area contributed by atoms with Gasteiger partial charge in [0.2, 0.25) is 0 Å². The van der Waals surface area contributed by atoms with Crippen LogP contribution in [-0.4, -0.2) is 46.2 Å². The minimum Gasteiger partial charge on any atom is -0.327 e. The van der Waals surface area contributed by atoms with E-state index < -0.39 is 0 Å². The Balaban J connectivity index is 1.35. The number of rotatable bonds is 5. The van der Waals surface area contributed by atoms with Crippen molar-refractivity contribution in [3.05, 3.63) is 30.1 Å². The molecule has 112 valence electrons. The zero-order valence-corrected chi connectivity index (χ0v) is 12.8. The lowest BCUT2D eigenvalue weighted by molar-refractivity contribution is 0.317. The van der Waals surface area contributed by atoms with Crippen molar-refractivity contribution in [2.45, 2.75) is 44.8 Å². The number of nitrogens with zero attached hydrogens (tertiary/aromatic N) is 3. The molecule has 2 heterocycles. The quantitative estimate of drug-likeness (QED) is 0.913. The number of nitrogens with one attached hydrogen (secondary N) is 1. The van der Waals surface area contributed by atoms with Crippen LogP contribution in [0.15, 0.2) is 24.3 Å². The number of para-hydroxylation sites is 2. The summed E-state index contributed by atoms with van der Waals surface area (Å²) in [5.74, 6) is 1.11. The Morgan fingerprint density at radius 2 is 2.10 bits per heavy atom. The van der Waals surface area contributed by atoms with E-state index in [-0.39, 0.29) is 0 Å². The van der Waals surface area contributed by atoms with Crippen LogP contribution < -0.4 is 5.32 Å². The predicted molar refractivity (Wildman–Crippen MR) is 85.5 cm³/mol.